The molecule has 0 aliphatic carbocycles. The van der Waals surface area contributed by atoms with Gasteiger partial charge in [0, 0.05) is 24.7 Å². The molecule has 1 amide bonds. The van der Waals surface area contributed by atoms with Crippen molar-refractivity contribution in [2.45, 2.75) is 58.9 Å². The van der Waals surface area contributed by atoms with Gasteiger partial charge in [-0.15, -0.1) is 0 Å². The molecular weight excluding hydrogens is 358 g/mol. The summed E-state index contributed by atoms with van der Waals surface area (Å²) in [5.41, 5.74) is 5.70. The zero-order chi connectivity index (χ0) is 21.2. The van der Waals surface area contributed by atoms with Crippen molar-refractivity contribution in [1.29, 1.82) is 0 Å². The molecule has 0 saturated carbocycles. The Balaban J connectivity index is 1.90. The fraction of sp³-hybridized carbons (Fsp3) is 0.440. The van der Waals surface area contributed by atoms with E-state index in [1.807, 2.05) is 32.2 Å². The van der Waals surface area contributed by atoms with E-state index in [9.17, 15) is 4.79 Å². The Kier molecular flexibility index (Phi) is 9.07. The van der Waals surface area contributed by atoms with Gasteiger partial charge in [0.05, 0.1) is 5.69 Å². The van der Waals surface area contributed by atoms with E-state index in [1.165, 1.54) is 16.7 Å². The van der Waals surface area contributed by atoms with E-state index in [1.54, 1.807) is 0 Å². The first-order valence-corrected chi connectivity index (χ1v) is 10.5. The first-order valence-electron chi connectivity index (χ1n) is 10.5. The summed E-state index contributed by atoms with van der Waals surface area (Å²) in [7, 11) is 1.91. The lowest BCUT2D eigenvalue weighted by Gasteiger charge is -2.18. The third-order valence-electron chi connectivity index (χ3n) is 5.05. The number of hydrogen-bond donors (Lipinski definition) is 2. The van der Waals surface area contributed by atoms with Crippen LogP contribution in [-0.2, 0) is 11.2 Å². The molecule has 0 radical (unpaired) electrons. The molecule has 0 aromatic heterocycles. The largest absolute Gasteiger partial charge is 0.352 e. The molecule has 2 aromatic carbocycles. The normalized spacial score (nSPS) is 12.8. The number of carbonyl (C=O) groups excluding carboxylic acids is 1. The number of benzene rings is 2. The number of amides is 1. The fourth-order valence-corrected chi connectivity index (χ4v) is 3.34. The molecule has 2 aromatic rings. The lowest BCUT2D eigenvalue weighted by atomic mass is 10.0. The van der Waals surface area contributed by atoms with Gasteiger partial charge in [-0.2, -0.15) is 0 Å². The minimum Gasteiger partial charge on any atom is -0.352 e. The maximum Gasteiger partial charge on any atom is 0.220 e. The van der Waals surface area contributed by atoms with Crippen molar-refractivity contribution in [2.75, 3.05) is 13.6 Å². The van der Waals surface area contributed by atoms with Crippen LogP contribution in [-0.4, -0.2) is 31.3 Å². The van der Waals surface area contributed by atoms with Crippen molar-refractivity contribution in [2.24, 2.45) is 4.99 Å². The number of carbonyl (C=O) groups is 1. The number of likely N-dealkylation sites (N-methyl/N-ethyl adjacent to an activating group) is 1. The van der Waals surface area contributed by atoms with Gasteiger partial charge in [0.1, 0.15) is 0 Å². The summed E-state index contributed by atoms with van der Waals surface area (Å²) >= 11 is 0. The molecule has 0 aliphatic rings. The van der Waals surface area contributed by atoms with Crippen molar-refractivity contribution in [1.82, 2.24) is 10.6 Å². The summed E-state index contributed by atoms with van der Waals surface area (Å²) in [6.07, 6.45) is 1.93. The van der Waals surface area contributed by atoms with Crippen molar-refractivity contribution in [3.8, 4) is 0 Å². The minimum absolute atomic E-state index is 0.0719. The molecule has 4 nitrogen and oxygen atoms in total. The van der Waals surface area contributed by atoms with E-state index in [2.05, 4.69) is 61.7 Å². The van der Waals surface area contributed by atoms with Crippen LogP contribution in [0.1, 0.15) is 56.2 Å². The second kappa shape index (κ2) is 11.5. The second-order valence-corrected chi connectivity index (χ2v) is 8.06. The molecule has 0 heterocycles. The first-order chi connectivity index (χ1) is 13.9. The molecule has 0 aliphatic heterocycles. The Morgan fingerprint density at radius 1 is 1.07 bits per heavy atom. The minimum atomic E-state index is 0.0719. The average molecular weight is 394 g/mol. The van der Waals surface area contributed by atoms with Gasteiger partial charge in [-0.25, -0.2) is 0 Å². The Morgan fingerprint density at radius 3 is 2.41 bits per heavy atom. The van der Waals surface area contributed by atoms with E-state index >= 15 is 0 Å². The zero-order valence-electron chi connectivity index (χ0n) is 18.5. The molecule has 4 heteroatoms. The predicted octanol–water partition coefficient (Wildman–Crippen LogP) is 4.94. The van der Waals surface area contributed by atoms with E-state index in [0.717, 1.165) is 24.4 Å². The molecule has 2 N–H and O–H groups in total. The highest BCUT2D eigenvalue weighted by Crippen LogP contribution is 2.24. The van der Waals surface area contributed by atoms with Gasteiger partial charge in [-0.05, 0) is 62.4 Å². The maximum atomic E-state index is 12.5. The number of rotatable bonds is 10. The summed E-state index contributed by atoms with van der Waals surface area (Å²) in [4.78, 5) is 17.2. The van der Waals surface area contributed by atoms with Crippen molar-refractivity contribution >= 4 is 17.3 Å². The number of aliphatic imine (C=N–C) groups is 1. The van der Waals surface area contributed by atoms with Crippen LogP contribution in [0.2, 0.25) is 0 Å². The van der Waals surface area contributed by atoms with Crippen molar-refractivity contribution in [3.05, 3.63) is 65.2 Å². The molecule has 0 fully saturated rings. The summed E-state index contributed by atoms with van der Waals surface area (Å²) in [5.74, 6) is 0.584. The van der Waals surface area contributed by atoms with Gasteiger partial charge in [0.15, 0.2) is 0 Å². The first kappa shape index (κ1) is 22.8. The highest BCUT2D eigenvalue weighted by Gasteiger charge is 2.13. The van der Waals surface area contributed by atoms with Gasteiger partial charge in [-0.3, -0.25) is 9.79 Å². The third kappa shape index (κ3) is 7.82. The third-order valence-corrected chi connectivity index (χ3v) is 5.05. The Bertz CT molecular complexity index is 812. The Hall–Kier alpha value is -2.46. The summed E-state index contributed by atoms with van der Waals surface area (Å²) < 4.78 is 0. The molecule has 1 atom stereocenters. The summed E-state index contributed by atoms with van der Waals surface area (Å²) in [6, 6.07) is 16.8. The Labute approximate surface area is 175 Å². The zero-order valence-corrected chi connectivity index (χ0v) is 18.5. The van der Waals surface area contributed by atoms with Gasteiger partial charge in [0.2, 0.25) is 5.91 Å². The quantitative estimate of drug-likeness (QED) is 0.562. The van der Waals surface area contributed by atoms with E-state index in [4.69, 9.17) is 4.99 Å². The van der Waals surface area contributed by atoms with E-state index in [-0.39, 0.29) is 11.9 Å². The second-order valence-electron chi connectivity index (χ2n) is 8.06. The number of nitrogens with zero attached hydrogens (tertiary/aromatic N) is 1. The standard InChI is InChI=1S/C25H35N3O/c1-18(2)22-12-13-24(19(3)15-22)27-20(4)11-14-25(29)28-23(17-26-5)16-21-9-7-6-8-10-21/h6-10,12-13,15,18,23,26H,11,14,16-17H2,1-5H3,(H,28,29). The van der Waals surface area contributed by atoms with Gasteiger partial charge >= 0.3 is 0 Å². The molecule has 156 valence electrons. The molecule has 29 heavy (non-hydrogen) atoms. The SMILES string of the molecule is CNCC(Cc1ccccc1)NC(=O)CCC(C)=Nc1ccc(C(C)C)cc1C. The molecule has 0 saturated heterocycles. The average Bonchev–Trinajstić information content (AvgIpc) is 2.69. The van der Waals surface area contributed by atoms with Gasteiger partial charge in [-0.1, -0.05) is 56.3 Å². The summed E-state index contributed by atoms with van der Waals surface area (Å²) in [5, 5.41) is 6.33. The molecule has 0 spiro atoms. The van der Waals surface area contributed by atoms with E-state index < -0.39 is 0 Å². The lowest BCUT2D eigenvalue weighted by molar-refractivity contribution is -0.121. The van der Waals surface area contributed by atoms with Crippen LogP contribution >= 0.6 is 0 Å². The number of nitrogens with one attached hydrogen (secondary N) is 2. The highest BCUT2D eigenvalue weighted by atomic mass is 16.1. The topological polar surface area (TPSA) is 53.5 Å². The molecule has 0 bridgehead atoms. The number of aryl methyl sites for hydroxylation is 1. The van der Waals surface area contributed by atoms with Crippen LogP contribution in [0.5, 0.6) is 0 Å². The van der Waals surface area contributed by atoms with Gasteiger partial charge < -0.3 is 10.6 Å². The van der Waals surface area contributed by atoms with Crippen LogP contribution in [0.4, 0.5) is 5.69 Å². The van der Waals surface area contributed by atoms with E-state index in [0.29, 0.717) is 18.8 Å². The monoisotopic (exact) mass is 393 g/mol. The highest BCUT2D eigenvalue weighted by molar-refractivity contribution is 5.89. The smallest absolute Gasteiger partial charge is 0.220 e. The lowest BCUT2D eigenvalue weighted by Crippen LogP contribution is -2.42. The van der Waals surface area contributed by atoms with Gasteiger partial charge in [0.25, 0.3) is 0 Å². The van der Waals surface area contributed by atoms with Crippen LogP contribution in [0.25, 0.3) is 0 Å². The van der Waals surface area contributed by atoms with Crippen LogP contribution in [0.3, 0.4) is 0 Å². The predicted molar refractivity (Wildman–Crippen MR) is 123 cm³/mol. The van der Waals surface area contributed by atoms with Crippen molar-refractivity contribution in [3.63, 3.8) is 0 Å². The molecule has 2 rings (SSSR count). The van der Waals surface area contributed by atoms with Crippen LogP contribution in [0, 0.1) is 6.92 Å². The maximum absolute atomic E-state index is 12.5. The molecule has 1 unspecified atom stereocenters. The van der Waals surface area contributed by atoms with Crippen LogP contribution in [0.15, 0.2) is 53.5 Å². The van der Waals surface area contributed by atoms with Crippen LogP contribution < -0.4 is 10.6 Å². The Morgan fingerprint density at radius 2 is 1.79 bits per heavy atom. The summed E-state index contributed by atoms with van der Waals surface area (Å²) in [6.45, 7) is 9.23. The number of hydrogen-bond acceptors (Lipinski definition) is 3. The molecular formula is C25H35N3O. The van der Waals surface area contributed by atoms with Crippen molar-refractivity contribution < 1.29 is 4.79 Å². The fourth-order valence-electron chi connectivity index (χ4n) is 3.34.